The van der Waals surface area contributed by atoms with Crippen molar-refractivity contribution in [3.05, 3.63) is 106 Å². The number of carbonyl (C=O) groups is 3. The van der Waals surface area contributed by atoms with Crippen molar-refractivity contribution in [2.24, 2.45) is 0 Å². The highest BCUT2D eigenvalue weighted by atomic mass is 79.9. The van der Waals surface area contributed by atoms with Crippen LogP contribution in [0.5, 0.6) is 0 Å². The number of imide groups is 1. The maximum Gasteiger partial charge on any atom is 0.315 e. The summed E-state index contributed by atoms with van der Waals surface area (Å²) in [5.74, 6) is -0.598. The van der Waals surface area contributed by atoms with E-state index in [9.17, 15) is 14.4 Å². The lowest BCUT2D eigenvalue weighted by molar-refractivity contribution is 0.0653. The predicted octanol–water partition coefficient (Wildman–Crippen LogP) is 4.52. The second-order valence-electron chi connectivity index (χ2n) is 7.46. The minimum atomic E-state index is -0.311. The minimum Gasteiger partial charge on any atom is -0.338 e. The maximum atomic E-state index is 12.6. The van der Waals surface area contributed by atoms with Crippen molar-refractivity contribution in [3.8, 4) is 0 Å². The van der Waals surface area contributed by atoms with Gasteiger partial charge in [-0.25, -0.2) is 4.79 Å². The summed E-state index contributed by atoms with van der Waals surface area (Å²) in [5.41, 5.74) is 2.78. The van der Waals surface area contributed by atoms with E-state index in [1.165, 1.54) is 4.90 Å². The Kier molecular flexibility index (Phi) is 6.66. The molecule has 1 heterocycles. The number of hydrogen-bond donors (Lipinski definition) is 2. The molecule has 4 rings (SSSR count). The van der Waals surface area contributed by atoms with E-state index in [-0.39, 0.29) is 30.4 Å². The fraction of sp³-hybridized carbons (Fsp3) is 0.160. The van der Waals surface area contributed by atoms with Gasteiger partial charge in [0.1, 0.15) is 0 Å². The molecule has 3 aromatic rings. The number of fused-ring (bicyclic) bond motifs is 1. The van der Waals surface area contributed by atoms with Crippen LogP contribution < -0.4 is 10.6 Å². The number of amides is 4. The molecule has 3 aromatic carbocycles. The van der Waals surface area contributed by atoms with Crippen LogP contribution in [0, 0.1) is 0 Å². The molecule has 0 saturated carbocycles. The number of rotatable bonds is 7. The van der Waals surface area contributed by atoms with Crippen molar-refractivity contribution >= 4 is 33.8 Å². The van der Waals surface area contributed by atoms with Crippen molar-refractivity contribution in [1.29, 1.82) is 0 Å². The molecule has 0 saturated heterocycles. The molecule has 0 fully saturated rings. The molecule has 2 N–H and O–H groups in total. The van der Waals surface area contributed by atoms with Gasteiger partial charge >= 0.3 is 6.03 Å². The summed E-state index contributed by atoms with van der Waals surface area (Å²) in [6, 6.07) is 24.0. The average molecular weight is 492 g/mol. The van der Waals surface area contributed by atoms with Crippen LogP contribution in [-0.2, 0) is 0 Å². The molecular formula is C25H22BrN3O3. The number of halogens is 1. The molecule has 0 spiro atoms. The Bertz CT molecular complexity index is 1100. The van der Waals surface area contributed by atoms with E-state index in [4.69, 9.17) is 0 Å². The van der Waals surface area contributed by atoms with Crippen LogP contribution in [0.3, 0.4) is 0 Å². The normalized spacial score (nSPS) is 12.8. The average Bonchev–Trinajstić information content (AvgIpc) is 3.05. The number of carbonyl (C=O) groups excluding carboxylic acids is 3. The van der Waals surface area contributed by atoms with E-state index in [0.717, 1.165) is 15.6 Å². The summed E-state index contributed by atoms with van der Waals surface area (Å²) >= 11 is 3.33. The first kappa shape index (κ1) is 21.8. The molecule has 32 heavy (non-hydrogen) atoms. The van der Waals surface area contributed by atoms with Crippen LogP contribution in [0.15, 0.2) is 83.3 Å². The Morgan fingerprint density at radius 2 is 1.44 bits per heavy atom. The highest BCUT2D eigenvalue weighted by Crippen LogP contribution is 2.26. The van der Waals surface area contributed by atoms with Gasteiger partial charge in [-0.1, -0.05) is 76.6 Å². The topological polar surface area (TPSA) is 78.5 Å². The zero-order valence-corrected chi connectivity index (χ0v) is 18.8. The number of hydrogen-bond acceptors (Lipinski definition) is 3. The molecule has 0 unspecified atom stereocenters. The summed E-state index contributed by atoms with van der Waals surface area (Å²) in [6.07, 6.45) is 0.460. The molecule has 0 bridgehead atoms. The van der Waals surface area contributed by atoms with E-state index in [2.05, 4.69) is 26.6 Å². The van der Waals surface area contributed by atoms with Gasteiger partial charge in [-0.2, -0.15) is 0 Å². The highest BCUT2D eigenvalue weighted by Gasteiger charge is 2.35. The van der Waals surface area contributed by atoms with Gasteiger partial charge in [0, 0.05) is 17.6 Å². The summed E-state index contributed by atoms with van der Waals surface area (Å²) in [7, 11) is 0. The van der Waals surface area contributed by atoms with Crippen LogP contribution in [0.25, 0.3) is 0 Å². The van der Waals surface area contributed by atoms with Gasteiger partial charge in [0.25, 0.3) is 11.8 Å². The van der Waals surface area contributed by atoms with Crippen molar-refractivity contribution in [2.45, 2.75) is 12.5 Å². The van der Waals surface area contributed by atoms with Crippen molar-refractivity contribution < 1.29 is 14.4 Å². The maximum absolute atomic E-state index is 12.6. The summed E-state index contributed by atoms with van der Waals surface area (Å²) in [4.78, 5) is 38.8. The quantitative estimate of drug-likeness (QED) is 0.376. The number of nitrogens with one attached hydrogen (secondary N) is 2. The minimum absolute atomic E-state index is 0.241. The first-order chi connectivity index (χ1) is 15.5. The molecule has 4 amide bonds. The second-order valence-corrected chi connectivity index (χ2v) is 8.38. The lowest BCUT2D eigenvalue weighted by Crippen LogP contribution is -2.40. The number of benzene rings is 3. The Morgan fingerprint density at radius 3 is 2.06 bits per heavy atom. The van der Waals surface area contributed by atoms with Crippen LogP contribution >= 0.6 is 15.9 Å². The Balaban J connectivity index is 1.32. The van der Waals surface area contributed by atoms with Crippen LogP contribution in [0.4, 0.5) is 4.79 Å². The van der Waals surface area contributed by atoms with Crippen LogP contribution in [0.1, 0.15) is 44.3 Å². The Hall–Kier alpha value is -3.45. The van der Waals surface area contributed by atoms with Gasteiger partial charge in [0.2, 0.25) is 0 Å². The lowest BCUT2D eigenvalue weighted by Gasteiger charge is -2.20. The summed E-state index contributed by atoms with van der Waals surface area (Å²) in [6.45, 7) is 0.574. The van der Waals surface area contributed by atoms with Gasteiger partial charge in [-0.05, 0) is 35.7 Å². The number of nitrogens with zero attached hydrogens (tertiary/aromatic N) is 1. The van der Waals surface area contributed by atoms with Gasteiger partial charge in [0.05, 0.1) is 17.2 Å². The van der Waals surface area contributed by atoms with Gasteiger partial charge in [0.15, 0.2) is 0 Å². The lowest BCUT2D eigenvalue weighted by atomic mass is 9.99. The molecular weight excluding hydrogens is 470 g/mol. The van der Waals surface area contributed by atoms with Gasteiger partial charge in [-0.15, -0.1) is 0 Å². The van der Waals surface area contributed by atoms with E-state index in [0.29, 0.717) is 24.1 Å². The molecule has 1 aliphatic heterocycles. The zero-order valence-electron chi connectivity index (χ0n) is 17.3. The Morgan fingerprint density at radius 1 is 0.844 bits per heavy atom. The predicted molar refractivity (Wildman–Crippen MR) is 125 cm³/mol. The van der Waals surface area contributed by atoms with Gasteiger partial charge in [-0.3, -0.25) is 14.5 Å². The zero-order chi connectivity index (χ0) is 22.5. The summed E-state index contributed by atoms with van der Waals surface area (Å²) in [5, 5.41) is 5.84. The van der Waals surface area contributed by atoms with E-state index in [1.54, 1.807) is 18.2 Å². The van der Waals surface area contributed by atoms with Crippen molar-refractivity contribution in [3.63, 3.8) is 0 Å². The first-order valence-electron chi connectivity index (χ1n) is 10.3. The SMILES string of the molecule is O=C(NCCCN1C(=O)c2ccc(Br)cc2C1=O)NC(c1ccccc1)c1ccccc1. The fourth-order valence-electron chi connectivity index (χ4n) is 3.74. The van der Waals surface area contributed by atoms with E-state index in [1.807, 2.05) is 60.7 Å². The third kappa shape index (κ3) is 4.73. The Labute approximate surface area is 194 Å². The van der Waals surface area contributed by atoms with Crippen molar-refractivity contribution in [2.75, 3.05) is 13.1 Å². The van der Waals surface area contributed by atoms with Crippen LogP contribution in [-0.4, -0.2) is 35.8 Å². The second kappa shape index (κ2) is 9.78. The molecule has 0 aromatic heterocycles. The summed E-state index contributed by atoms with van der Waals surface area (Å²) < 4.78 is 0.754. The van der Waals surface area contributed by atoms with Crippen molar-refractivity contribution in [1.82, 2.24) is 15.5 Å². The third-order valence-corrected chi connectivity index (χ3v) is 5.81. The van der Waals surface area contributed by atoms with E-state index < -0.39 is 0 Å². The molecule has 0 atom stereocenters. The molecule has 1 aliphatic rings. The third-order valence-electron chi connectivity index (χ3n) is 5.32. The standard InChI is InChI=1S/C25H22BrN3O3/c26-19-12-13-20-21(16-19)24(31)29(23(20)30)15-7-14-27-25(32)28-22(17-8-3-1-4-9-17)18-10-5-2-6-11-18/h1-6,8-13,16,22H,7,14-15H2,(H2,27,28,32). The van der Waals surface area contributed by atoms with Gasteiger partial charge < -0.3 is 10.6 Å². The number of urea groups is 1. The molecule has 162 valence electrons. The first-order valence-corrected chi connectivity index (χ1v) is 11.1. The molecule has 0 radical (unpaired) electrons. The fourth-order valence-corrected chi connectivity index (χ4v) is 4.10. The smallest absolute Gasteiger partial charge is 0.315 e. The molecule has 7 heteroatoms. The molecule has 0 aliphatic carbocycles. The largest absolute Gasteiger partial charge is 0.338 e. The molecule has 6 nitrogen and oxygen atoms in total. The van der Waals surface area contributed by atoms with E-state index >= 15 is 0 Å². The van der Waals surface area contributed by atoms with Crippen LogP contribution in [0.2, 0.25) is 0 Å². The highest BCUT2D eigenvalue weighted by molar-refractivity contribution is 9.10. The monoisotopic (exact) mass is 491 g/mol.